The summed E-state index contributed by atoms with van der Waals surface area (Å²) in [6.45, 7) is 1.83. The van der Waals surface area contributed by atoms with Crippen LogP contribution in [-0.2, 0) is 0 Å². The van der Waals surface area contributed by atoms with Gasteiger partial charge in [-0.1, -0.05) is 24.3 Å². The maximum atomic E-state index is 11.1. The second kappa shape index (κ2) is 5.56. The van der Waals surface area contributed by atoms with Crippen LogP contribution in [-0.4, -0.2) is 11.9 Å². The first-order chi connectivity index (χ1) is 7.69. The summed E-state index contributed by atoms with van der Waals surface area (Å²) in [6, 6.07) is 8.44. The van der Waals surface area contributed by atoms with Crippen LogP contribution in [0.4, 0.5) is 5.69 Å². The van der Waals surface area contributed by atoms with Gasteiger partial charge in [-0.25, -0.2) is 0 Å². The van der Waals surface area contributed by atoms with E-state index in [9.17, 15) is 4.79 Å². The molecule has 0 radical (unpaired) electrons. The molecule has 1 amide bonds. The Labute approximate surface area is 94.4 Å². The van der Waals surface area contributed by atoms with Crippen LogP contribution in [0.3, 0.4) is 0 Å². The van der Waals surface area contributed by atoms with Gasteiger partial charge in [-0.2, -0.15) is 5.26 Å². The van der Waals surface area contributed by atoms with Crippen molar-refractivity contribution in [2.45, 2.75) is 13.0 Å². The molecule has 1 unspecified atom stereocenters. The Balaban J connectivity index is 2.97. The molecule has 0 heterocycles. The first-order valence-corrected chi connectivity index (χ1v) is 4.87. The summed E-state index contributed by atoms with van der Waals surface area (Å²) >= 11 is 0. The molecule has 1 aromatic carbocycles. The number of nitrogens with two attached hydrogens (primary N) is 1. The average Bonchev–Trinajstić information content (AvgIpc) is 2.29. The second-order valence-electron chi connectivity index (χ2n) is 3.19. The van der Waals surface area contributed by atoms with Gasteiger partial charge in [0.25, 0.3) is 5.91 Å². The lowest BCUT2D eigenvalue weighted by Crippen LogP contribution is -2.19. The minimum Gasteiger partial charge on any atom is -0.366 e. The van der Waals surface area contributed by atoms with E-state index in [0.717, 1.165) is 0 Å². The van der Waals surface area contributed by atoms with E-state index in [1.54, 1.807) is 36.4 Å². The lowest BCUT2D eigenvalue weighted by atomic mass is 10.1. The van der Waals surface area contributed by atoms with Crippen LogP contribution in [0.2, 0.25) is 0 Å². The highest BCUT2D eigenvalue weighted by molar-refractivity contribution is 5.98. The molecule has 0 fully saturated rings. The molecule has 0 aliphatic rings. The third kappa shape index (κ3) is 2.85. The summed E-state index contributed by atoms with van der Waals surface area (Å²) in [5.41, 5.74) is 6.18. The zero-order chi connectivity index (χ0) is 12.0. The molecule has 16 heavy (non-hydrogen) atoms. The van der Waals surface area contributed by atoms with Gasteiger partial charge < -0.3 is 11.1 Å². The van der Waals surface area contributed by atoms with Crippen molar-refractivity contribution in [1.29, 1.82) is 5.26 Å². The molecule has 1 aromatic rings. The molecule has 0 saturated carbocycles. The minimum atomic E-state index is -0.514. The SMILES string of the molecule is C/C=C/C(C#N)Nc1ccccc1C(N)=O. The van der Waals surface area contributed by atoms with Crippen LogP contribution < -0.4 is 11.1 Å². The first-order valence-electron chi connectivity index (χ1n) is 4.87. The molecular formula is C12H13N3O. The monoisotopic (exact) mass is 215 g/mol. The predicted octanol–water partition coefficient (Wildman–Crippen LogP) is 1.67. The van der Waals surface area contributed by atoms with E-state index in [1.165, 1.54) is 0 Å². The van der Waals surface area contributed by atoms with Crippen molar-refractivity contribution in [1.82, 2.24) is 0 Å². The fourth-order valence-corrected chi connectivity index (χ4v) is 1.31. The van der Waals surface area contributed by atoms with E-state index in [2.05, 4.69) is 11.4 Å². The van der Waals surface area contributed by atoms with Crippen molar-refractivity contribution in [3.63, 3.8) is 0 Å². The van der Waals surface area contributed by atoms with E-state index in [-0.39, 0.29) is 0 Å². The topological polar surface area (TPSA) is 78.9 Å². The second-order valence-corrected chi connectivity index (χ2v) is 3.19. The number of allylic oxidation sites excluding steroid dienone is 1. The Bertz CT molecular complexity index is 446. The van der Waals surface area contributed by atoms with Gasteiger partial charge in [0.05, 0.1) is 11.6 Å². The largest absolute Gasteiger partial charge is 0.366 e. The Kier molecular flexibility index (Phi) is 4.10. The number of para-hydroxylation sites is 1. The highest BCUT2D eigenvalue weighted by atomic mass is 16.1. The fourth-order valence-electron chi connectivity index (χ4n) is 1.31. The Morgan fingerprint density at radius 2 is 2.25 bits per heavy atom. The first kappa shape index (κ1) is 11.8. The van der Waals surface area contributed by atoms with Crippen molar-refractivity contribution in [2.75, 3.05) is 5.32 Å². The zero-order valence-corrected chi connectivity index (χ0v) is 8.97. The molecule has 0 aliphatic heterocycles. The number of primary amides is 1. The Hall–Kier alpha value is -2.28. The summed E-state index contributed by atoms with van der Waals surface area (Å²) in [6.07, 6.45) is 3.48. The third-order valence-electron chi connectivity index (χ3n) is 2.03. The van der Waals surface area contributed by atoms with Crippen molar-refractivity contribution >= 4 is 11.6 Å². The number of amides is 1. The zero-order valence-electron chi connectivity index (χ0n) is 8.97. The Morgan fingerprint density at radius 1 is 1.56 bits per heavy atom. The number of rotatable bonds is 4. The van der Waals surface area contributed by atoms with Gasteiger partial charge in [-0.05, 0) is 19.1 Å². The van der Waals surface area contributed by atoms with Crippen LogP contribution >= 0.6 is 0 Å². The summed E-state index contributed by atoms with van der Waals surface area (Å²) in [5, 5.41) is 11.8. The van der Waals surface area contributed by atoms with E-state index < -0.39 is 11.9 Å². The predicted molar refractivity (Wildman–Crippen MR) is 62.8 cm³/mol. The number of nitriles is 1. The number of carbonyl (C=O) groups is 1. The lowest BCUT2D eigenvalue weighted by molar-refractivity contribution is 0.100. The van der Waals surface area contributed by atoms with Crippen molar-refractivity contribution in [3.05, 3.63) is 42.0 Å². The molecule has 82 valence electrons. The normalized spacial score (nSPS) is 12.0. The molecular weight excluding hydrogens is 202 g/mol. The number of benzene rings is 1. The van der Waals surface area contributed by atoms with Gasteiger partial charge in [0.15, 0.2) is 0 Å². The van der Waals surface area contributed by atoms with E-state index >= 15 is 0 Å². The smallest absolute Gasteiger partial charge is 0.250 e. The molecule has 4 heteroatoms. The van der Waals surface area contributed by atoms with Crippen molar-refractivity contribution in [3.8, 4) is 6.07 Å². The maximum Gasteiger partial charge on any atom is 0.250 e. The molecule has 1 rings (SSSR count). The molecule has 0 bridgehead atoms. The maximum absolute atomic E-state index is 11.1. The number of nitrogens with one attached hydrogen (secondary N) is 1. The van der Waals surface area contributed by atoms with E-state index in [0.29, 0.717) is 11.3 Å². The van der Waals surface area contributed by atoms with Crippen LogP contribution in [0, 0.1) is 11.3 Å². The molecule has 0 aromatic heterocycles. The average molecular weight is 215 g/mol. The molecule has 3 N–H and O–H groups in total. The lowest BCUT2D eigenvalue weighted by Gasteiger charge is -2.11. The van der Waals surface area contributed by atoms with Crippen LogP contribution in [0.5, 0.6) is 0 Å². The van der Waals surface area contributed by atoms with Crippen molar-refractivity contribution < 1.29 is 4.79 Å². The number of anilines is 1. The van der Waals surface area contributed by atoms with Crippen molar-refractivity contribution in [2.24, 2.45) is 5.73 Å². The minimum absolute atomic E-state index is 0.382. The van der Waals surface area contributed by atoms with Crippen LogP contribution in [0.1, 0.15) is 17.3 Å². The van der Waals surface area contributed by atoms with Gasteiger partial charge in [-0.3, -0.25) is 4.79 Å². The Morgan fingerprint density at radius 3 is 2.81 bits per heavy atom. The summed E-state index contributed by atoms with van der Waals surface area (Å²) in [5.74, 6) is -0.514. The highest BCUT2D eigenvalue weighted by Crippen LogP contribution is 2.15. The van der Waals surface area contributed by atoms with Gasteiger partial charge in [-0.15, -0.1) is 0 Å². The molecule has 0 aliphatic carbocycles. The number of nitrogens with zero attached hydrogens (tertiary/aromatic N) is 1. The highest BCUT2D eigenvalue weighted by Gasteiger charge is 2.09. The molecule has 0 spiro atoms. The summed E-state index contributed by atoms with van der Waals surface area (Å²) in [7, 11) is 0. The van der Waals surface area contributed by atoms with Crippen LogP contribution in [0.25, 0.3) is 0 Å². The van der Waals surface area contributed by atoms with E-state index in [4.69, 9.17) is 11.0 Å². The number of hydrogen-bond acceptors (Lipinski definition) is 3. The molecule has 4 nitrogen and oxygen atoms in total. The van der Waals surface area contributed by atoms with E-state index in [1.807, 2.05) is 6.92 Å². The third-order valence-corrected chi connectivity index (χ3v) is 2.03. The summed E-state index contributed by atoms with van der Waals surface area (Å²) in [4.78, 5) is 11.1. The molecule has 1 atom stereocenters. The fraction of sp³-hybridized carbons (Fsp3) is 0.167. The van der Waals surface area contributed by atoms with Gasteiger partial charge in [0.2, 0.25) is 0 Å². The number of carbonyl (C=O) groups excluding carboxylic acids is 1. The van der Waals surface area contributed by atoms with Crippen LogP contribution in [0.15, 0.2) is 36.4 Å². The van der Waals surface area contributed by atoms with Gasteiger partial charge in [0, 0.05) is 5.69 Å². The molecule has 0 saturated heterocycles. The van der Waals surface area contributed by atoms with Gasteiger partial charge >= 0.3 is 0 Å². The quantitative estimate of drug-likeness (QED) is 0.750. The summed E-state index contributed by atoms with van der Waals surface area (Å²) < 4.78 is 0. The van der Waals surface area contributed by atoms with Gasteiger partial charge in [0.1, 0.15) is 6.04 Å². The standard InChI is InChI=1S/C12H13N3O/c1-2-5-9(8-13)15-11-7-4-3-6-10(11)12(14)16/h2-7,9,15H,1H3,(H2,14,16)/b5-2+. The number of hydrogen-bond donors (Lipinski definition) is 2.